The maximum absolute atomic E-state index is 15.0. The van der Waals surface area contributed by atoms with Crippen molar-refractivity contribution in [1.82, 2.24) is 10.6 Å². The minimum atomic E-state index is -3.29. The van der Waals surface area contributed by atoms with Gasteiger partial charge in [0.1, 0.15) is 75.2 Å². The van der Waals surface area contributed by atoms with E-state index in [1.54, 1.807) is 0 Å². The molecule has 0 aliphatic carbocycles. The van der Waals surface area contributed by atoms with Gasteiger partial charge in [0.05, 0.1) is 19.6 Å². The topological polar surface area (TPSA) is 498 Å². The number of amides is 2. The van der Waals surface area contributed by atoms with Crippen LogP contribution in [0.15, 0.2) is 0 Å². The third kappa shape index (κ3) is 25.0. The van der Waals surface area contributed by atoms with E-state index in [1.807, 2.05) is 0 Å². The van der Waals surface area contributed by atoms with Crippen LogP contribution in [0.25, 0.3) is 0 Å². The number of hydrogen-bond acceptors (Lipinski definition) is 37. The van der Waals surface area contributed by atoms with E-state index < -0.39 is 260 Å². The van der Waals surface area contributed by atoms with Crippen LogP contribution < -0.4 is 10.6 Å². The molecule has 0 bridgehead atoms. The maximum atomic E-state index is 15.0. The molecule has 0 unspecified atom stereocenters. The summed E-state index contributed by atoms with van der Waals surface area (Å²) < 4.78 is 120. The molecule has 0 aromatic heterocycles. The van der Waals surface area contributed by atoms with Gasteiger partial charge in [-0.25, -0.2) is 4.79 Å². The van der Waals surface area contributed by atoms with Gasteiger partial charge in [-0.05, 0) is 0 Å². The summed E-state index contributed by atoms with van der Waals surface area (Å²) >= 11 is 18.1. The molecule has 4 rings (SSSR count). The highest BCUT2D eigenvalue weighted by atomic mass is 35.6. The summed E-state index contributed by atoms with van der Waals surface area (Å²) in [5.74, 6) is -21.4. The second-order valence-electron chi connectivity index (χ2n) is 22.3. The molecule has 0 aromatic rings. The Hall–Kier alpha value is -7.89. The molecule has 2 amide bonds. The zero-order chi connectivity index (χ0) is 75.6. The first kappa shape index (κ1) is 84.5. The van der Waals surface area contributed by atoms with Crippen LogP contribution in [-0.2, 0) is 171 Å². The highest BCUT2D eigenvalue weighted by Crippen LogP contribution is 2.43. The van der Waals surface area contributed by atoms with Crippen molar-refractivity contribution in [3.05, 3.63) is 0 Å². The number of ether oxygens (including phenoxy) is 21. The quantitative estimate of drug-likeness (QED) is 0.0280. The predicted molar refractivity (Wildman–Crippen MR) is 320 cm³/mol. The van der Waals surface area contributed by atoms with Crippen LogP contribution in [0, 0.1) is 5.41 Å². The zero-order valence-electron chi connectivity index (χ0n) is 56.4. The normalized spacial score (nSPS) is 30.0. The van der Waals surface area contributed by atoms with Crippen LogP contribution in [-0.4, -0.2) is 261 Å². The van der Waals surface area contributed by atoms with Crippen molar-refractivity contribution in [1.29, 1.82) is 5.41 Å². The summed E-state index contributed by atoms with van der Waals surface area (Å²) in [5.41, 5.74) is 0. The first-order chi connectivity index (χ1) is 46.5. The second-order valence-corrected chi connectivity index (χ2v) is 24.6. The molecule has 4 fully saturated rings. The van der Waals surface area contributed by atoms with Crippen LogP contribution in [0.4, 0.5) is 0 Å². The Labute approximate surface area is 584 Å². The summed E-state index contributed by atoms with van der Waals surface area (Å²) in [6.07, 6.45) is -39.4. The lowest BCUT2D eigenvalue weighted by atomic mass is 9.87. The van der Waals surface area contributed by atoms with E-state index in [1.165, 1.54) is 0 Å². The minimum absolute atomic E-state index is 0.774. The molecule has 3 N–H and O–H groups in total. The summed E-state index contributed by atoms with van der Waals surface area (Å²) in [7, 11) is 0.774. The van der Waals surface area contributed by atoms with Crippen molar-refractivity contribution in [2.45, 2.75) is 235 Å². The molecule has 562 valence electrons. The number of nitrogens with one attached hydrogen (secondary N) is 3. The Morgan fingerprint density at radius 2 is 0.860 bits per heavy atom. The molecule has 4 aliphatic heterocycles. The molecular formula is C58H78Cl3N3O36. The Morgan fingerprint density at radius 1 is 0.450 bits per heavy atom. The molecule has 42 heteroatoms. The fourth-order valence-corrected chi connectivity index (χ4v) is 10.8. The molecule has 4 aliphatic rings. The fourth-order valence-electron chi connectivity index (χ4n) is 10.7. The fraction of sp³-hybridized carbons (Fsp3) is 0.724. The lowest BCUT2D eigenvalue weighted by Gasteiger charge is -2.53. The van der Waals surface area contributed by atoms with Crippen molar-refractivity contribution >= 4 is 130 Å². The molecule has 0 radical (unpaired) electrons. The van der Waals surface area contributed by atoms with Gasteiger partial charge in [0.25, 0.3) is 9.58 Å². The SMILES string of the molecule is COC(=O)[C@@]1(O[C@H]2[C@@H](OC(C)=O)[C@@H](COC(C)=O)O[C@@H](O[C@H]3[C@H](OC(C)=O)[C@@H](NC(C)=O)[C@H](O[C@@H]4[C@@H](OC(=N)C(Cl)(Cl)Cl)O[C@H](COC(C)=O)[C@@H](OC(C)=O)[C@@H]4OC(C)=O)O[C@@H]3COC(C)=O)[C@@H]2OC(C)=O)C[C@H](OC(C)=O)[C@@H](NC(C)=O)[C@H]([C@H](OC(C)=O)[C@@H](COC(C)=O)OC(C)=O)O1. The van der Waals surface area contributed by atoms with Crippen molar-refractivity contribution in [2.75, 3.05) is 33.5 Å². The van der Waals surface area contributed by atoms with Crippen molar-refractivity contribution < 1.29 is 171 Å². The Bertz CT molecular complexity index is 3040. The van der Waals surface area contributed by atoms with Gasteiger partial charge in [0.15, 0.2) is 61.4 Å². The van der Waals surface area contributed by atoms with Gasteiger partial charge in [-0.2, -0.15) is 0 Å². The van der Waals surface area contributed by atoms with Crippen molar-refractivity contribution in [3.63, 3.8) is 0 Å². The van der Waals surface area contributed by atoms with E-state index in [9.17, 15) is 71.9 Å². The van der Waals surface area contributed by atoms with Gasteiger partial charge in [-0.1, -0.05) is 34.8 Å². The number of carbonyl (C=O) groups is 15. The lowest BCUT2D eigenvalue weighted by molar-refractivity contribution is -0.388. The van der Waals surface area contributed by atoms with Crippen LogP contribution in [0.1, 0.15) is 103 Å². The Balaban J connectivity index is 2.15. The molecule has 0 aromatic carbocycles. The highest BCUT2D eigenvalue weighted by molar-refractivity contribution is 6.76. The van der Waals surface area contributed by atoms with Crippen molar-refractivity contribution in [3.8, 4) is 0 Å². The number of alkyl halides is 3. The maximum Gasteiger partial charge on any atom is 0.366 e. The number of hydrogen-bond donors (Lipinski definition) is 3. The lowest BCUT2D eigenvalue weighted by Crippen LogP contribution is -2.72. The number of rotatable bonds is 28. The van der Waals surface area contributed by atoms with Crippen LogP contribution in [0.5, 0.6) is 0 Å². The molecule has 4 saturated heterocycles. The minimum Gasteiger partial charge on any atom is -0.465 e. The Kier molecular flexibility index (Phi) is 31.9. The summed E-state index contributed by atoms with van der Waals surface area (Å²) in [4.78, 5) is 198. The largest absolute Gasteiger partial charge is 0.465 e. The zero-order valence-corrected chi connectivity index (χ0v) is 58.7. The van der Waals surface area contributed by atoms with Gasteiger partial charge in [0, 0.05) is 96.9 Å². The van der Waals surface area contributed by atoms with Gasteiger partial charge in [0.2, 0.25) is 24.0 Å². The van der Waals surface area contributed by atoms with Crippen LogP contribution in [0.3, 0.4) is 0 Å². The van der Waals surface area contributed by atoms with E-state index in [4.69, 9.17) is 140 Å². The van der Waals surface area contributed by atoms with E-state index in [-0.39, 0.29) is 0 Å². The Morgan fingerprint density at radius 3 is 1.30 bits per heavy atom. The molecule has 0 saturated carbocycles. The molecule has 0 spiro atoms. The number of methoxy groups -OCH3 is 1. The number of halogens is 3. The molecule has 39 nitrogen and oxygen atoms in total. The standard InChI is InChI=1S/C58H78Cl3N3O36/c1-21(65)63-40-35(85-27(7)71)16-57(56(79)80-15,99-47(40)43(87-29(9)73)36(86-28(8)72)17-81-23(3)67)100-49-45(89-31(11)75)39(20-84-26(6)70)94-53(51(49)92-34(14)78)96-42-37(18-82-24(4)68)93-52(41(64-22(2)66)46(42)90-32(12)76)97-50-48(91-33(13)77)44(88-30(10)74)38(19-83-25(5)69)95-54(50)98-55(62)58(59,60)61/h35-54,62H,16-20H2,1-15H3,(H,63,65)(H,64,66)/t35-,36+,37+,38+,39+,40+,41+,42+,43+,44+,45-,46+,47+,48-,49-,50-,51+,52-,53-,54+,57-/m0/s1. The molecule has 100 heavy (non-hydrogen) atoms. The third-order valence-electron chi connectivity index (χ3n) is 14.0. The first-order valence-corrected chi connectivity index (χ1v) is 31.1. The average molecular weight is 1500 g/mol. The summed E-state index contributed by atoms with van der Waals surface area (Å²) in [6, 6.07) is -3.86. The first-order valence-electron chi connectivity index (χ1n) is 30.0. The van der Waals surface area contributed by atoms with Crippen LogP contribution in [0.2, 0.25) is 0 Å². The van der Waals surface area contributed by atoms with E-state index >= 15 is 0 Å². The molecular weight excluding hydrogens is 1420 g/mol. The van der Waals surface area contributed by atoms with E-state index in [0.29, 0.717) is 0 Å². The molecule has 21 atom stereocenters. The summed E-state index contributed by atoms with van der Waals surface area (Å²) in [6.45, 7) is 8.84. The summed E-state index contributed by atoms with van der Waals surface area (Å²) in [5, 5.41) is 13.5. The van der Waals surface area contributed by atoms with E-state index in [2.05, 4.69) is 10.6 Å². The average Bonchev–Trinajstić information content (AvgIpc) is 0.748. The second kappa shape index (κ2) is 37.7. The molecule has 4 heterocycles. The van der Waals surface area contributed by atoms with Gasteiger partial charge >= 0.3 is 77.6 Å². The van der Waals surface area contributed by atoms with Crippen molar-refractivity contribution in [2.24, 2.45) is 0 Å². The van der Waals surface area contributed by atoms with Gasteiger partial charge in [-0.3, -0.25) is 72.5 Å². The van der Waals surface area contributed by atoms with Gasteiger partial charge in [-0.15, -0.1) is 0 Å². The number of esters is 13. The third-order valence-corrected chi connectivity index (χ3v) is 14.5. The monoisotopic (exact) mass is 1500 g/mol. The predicted octanol–water partition coefficient (Wildman–Crippen LogP) is -0.946. The highest BCUT2D eigenvalue weighted by Gasteiger charge is 2.65. The van der Waals surface area contributed by atoms with Crippen LogP contribution >= 0.6 is 34.8 Å². The smallest absolute Gasteiger partial charge is 0.366 e. The van der Waals surface area contributed by atoms with E-state index in [0.717, 1.165) is 104 Å². The number of carbonyl (C=O) groups excluding carboxylic acids is 15. The van der Waals surface area contributed by atoms with Gasteiger partial charge < -0.3 is 110 Å².